The fourth-order valence-electron chi connectivity index (χ4n) is 4.90. The third-order valence-electron chi connectivity index (χ3n) is 6.58. The monoisotopic (exact) mass is 398 g/mol. The summed E-state index contributed by atoms with van der Waals surface area (Å²) < 4.78 is 2.15. The zero-order chi connectivity index (χ0) is 20.1. The molecule has 0 saturated carbocycles. The van der Waals surface area contributed by atoms with Gasteiger partial charge in [0.25, 0.3) is 0 Å². The van der Waals surface area contributed by atoms with Crippen LogP contribution in [0.15, 0.2) is 42.7 Å². The van der Waals surface area contributed by atoms with Gasteiger partial charge in [0.05, 0.1) is 11.9 Å². The lowest BCUT2D eigenvalue weighted by molar-refractivity contribution is 0.585. The summed E-state index contributed by atoms with van der Waals surface area (Å²) in [6.07, 6.45) is 6.32. The summed E-state index contributed by atoms with van der Waals surface area (Å²) >= 11 is 0. The van der Waals surface area contributed by atoms with Crippen molar-refractivity contribution in [3.63, 3.8) is 0 Å². The van der Waals surface area contributed by atoms with E-state index in [0.29, 0.717) is 0 Å². The number of hydrogen-bond acceptors (Lipinski definition) is 4. The highest BCUT2D eigenvalue weighted by Gasteiger charge is 2.20. The van der Waals surface area contributed by atoms with Crippen LogP contribution in [0.3, 0.4) is 0 Å². The van der Waals surface area contributed by atoms with Gasteiger partial charge >= 0.3 is 0 Å². The topological polar surface area (TPSA) is 61.8 Å². The molecule has 3 aromatic heterocycles. The van der Waals surface area contributed by atoms with Gasteiger partial charge in [0, 0.05) is 66.6 Å². The van der Waals surface area contributed by atoms with E-state index < -0.39 is 0 Å². The van der Waals surface area contributed by atoms with Crippen molar-refractivity contribution in [1.29, 1.82) is 0 Å². The summed E-state index contributed by atoms with van der Waals surface area (Å²) in [6.45, 7) is 7.32. The van der Waals surface area contributed by atoms with Crippen LogP contribution >= 0.6 is 0 Å². The molecule has 152 valence electrons. The first-order valence-corrected chi connectivity index (χ1v) is 10.9. The highest BCUT2D eigenvalue weighted by molar-refractivity contribution is 5.93. The van der Waals surface area contributed by atoms with Crippen molar-refractivity contribution in [3.8, 4) is 22.4 Å². The van der Waals surface area contributed by atoms with E-state index in [9.17, 15) is 0 Å². The van der Waals surface area contributed by atoms with Crippen LogP contribution in [0.2, 0.25) is 0 Å². The molecule has 5 heterocycles. The largest absolute Gasteiger partial charge is 0.354 e. The predicted octanol–water partition coefficient (Wildman–Crippen LogP) is 3.76. The SMILES string of the molecule is Cc1c(-c2cnn3c2CCC3)[nH]c2cc(-c3ccc(N4CCNCC4)nc3)ccc12. The molecule has 0 radical (unpaired) electrons. The maximum absolute atomic E-state index is 4.74. The molecule has 1 aromatic carbocycles. The van der Waals surface area contributed by atoms with E-state index in [1.54, 1.807) is 0 Å². The highest BCUT2D eigenvalue weighted by Crippen LogP contribution is 2.35. The van der Waals surface area contributed by atoms with Gasteiger partial charge in [-0.1, -0.05) is 12.1 Å². The summed E-state index contributed by atoms with van der Waals surface area (Å²) in [4.78, 5) is 10.8. The zero-order valence-electron chi connectivity index (χ0n) is 17.3. The third-order valence-corrected chi connectivity index (χ3v) is 6.58. The molecule has 30 heavy (non-hydrogen) atoms. The summed E-state index contributed by atoms with van der Waals surface area (Å²) in [7, 11) is 0. The molecule has 6 rings (SSSR count). The van der Waals surface area contributed by atoms with Crippen molar-refractivity contribution in [3.05, 3.63) is 54.0 Å². The lowest BCUT2D eigenvalue weighted by Crippen LogP contribution is -2.43. The van der Waals surface area contributed by atoms with Gasteiger partial charge in [-0.3, -0.25) is 4.68 Å². The van der Waals surface area contributed by atoms with Gasteiger partial charge in [-0.25, -0.2) is 4.98 Å². The van der Waals surface area contributed by atoms with Gasteiger partial charge in [-0.2, -0.15) is 5.10 Å². The number of aromatic amines is 1. The predicted molar refractivity (Wildman–Crippen MR) is 121 cm³/mol. The number of aromatic nitrogens is 4. The van der Waals surface area contributed by atoms with Crippen molar-refractivity contribution in [1.82, 2.24) is 25.1 Å². The standard InChI is InChI=1S/C24H26N6/c1-16-19-6-4-17(18-5-7-23(26-14-18)29-11-8-25-9-12-29)13-21(19)28-24(16)20-15-27-30-10-2-3-22(20)30/h4-7,13-15,25,28H,2-3,8-12H2,1H3. The number of H-pyrrole nitrogens is 1. The van der Waals surface area contributed by atoms with Crippen LogP contribution in [-0.4, -0.2) is 45.9 Å². The molecule has 0 amide bonds. The Morgan fingerprint density at radius 1 is 0.967 bits per heavy atom. The molecule has 2 aliphatic heterocycles. The quantitative estimate of drug-likeness (QED) is 0.552. The molecule has 4 aromatic rings. The van der Waals surface area contributed by atoms with E-state index in [4.69, 9.17) is 4.98 Å². The molecule has 0 aliphatic carbocycles. The first-order chi connectivity index (χ1) is 14.8. The molecule has 0 unspecified atom stereocenters. The molecule has 6 nitrogen and oxygen atoms in total. The van der Waals surface area contributed by atoms with E-state index in [-0.39, 0.29) is 0 Å². The smallest absolute Gasteiger partial charge is 0.128 e. The number of hydrogen-bond donors (Lipinski definition) is 2. The highest BCUT2D eigenvalue weighted by atomic mass is 15.3. The van der Waals surface area contributed by atoms with Gasteiger partial charge in [-0.05, 0) is 49.1 Å². The average molecular weight is 399 g/mol. The number of benzene rings is 1. The minimum absolute atomic E-state index is 1.02. The lowest BCUT2D eigenvalue weighted by Gasteiger charge is -2.28. The third kappa shape index (κ3) is 2.82. The number of fused-ring (bicyclic) bond motifs is 2. The van der Waals surface area contributed by atoms with Gasteiger partial charge in [-0.15, -0.1) is 0 Å². The van der Waals surface area contributed by atoms with E-state index >= 15 is 0 Å². The number of piperazine rings is 1. The van der Waals surface area contributed by atoms with Crippen LogP contribution in [0.25, 0.3) is 33.3 Å². The van der Waals surface area contributed by atoms with E-state index in [0.717, 1.165) is 50.5 Å². The Morgan fingerprint density at radius 2 is 1.83 bits per heavy atom. The maximum atomic E-state index is 4.74. The Balaban J connectivity index is 1.34. The number of nitrogens with zero attached hydrogens (tertiary/aromatic N) is 4. The number of rotatable bonds is 3. The van der Waals surface area contributed by atoms with E-state index in [1.807, 2.05) is 12.4 Å². The molecular weight excluding hydrogens is 372 g/mol. The molecule has 0 bridgehead atoms. The molecule has 1 saturated heterocycles. The number of anilines is 1. The molecule has 0 atom stereocenters. The van der Waals surface area contributed by atoms with Crippen LogP contribution < -0.4 is 10.2 Å². The van der Waals surface area contributed by atoms with Crippen molar-refractivity contribution in [2.75, 3.05) is 31.1 Å². The van der Waals surface area contributed by atoms with Gasteiger partial charge in [0.1, 0.15) is 5.82 Å². The normalized spacial score (nSPS) is 16.4. The van der Waals surface area contributed by atoms with E-state index in [1.165, 1.54) is 45.4 Å². The summed E-state index contributed by atoms with van der Waals surface area (Å²) in [6, 6.07) is 11.0. The Kier molecular flexibility index (Phi) is 4.13. The fourth-order valence-corrected chi connectivity index (χ4v) is 4.90. The average Bonchev–Trinajstić information content (AvgIpc) is 3.49. The van der Waals surface area contributed by atoms with Crippen molar-refractivity contribution >= 4 is 16.7 Å². The molecule has 1 fully saturated rings. The minimum Gasteiger partial charge on any atom is -0.354 e. The second-order valence-corrected chi connectivity index (χ2v) is 8.36. The Morgan fingerprint density at radius 3 is 2.67 bits per heavy atom. The lowest BCUT2D eigenvalue weighted by atomic mass is 10.0. The van der Waals surface area contributed by atoms with E-state index in [2.05, 4.69) is 62.2 Å². The fraction of sp³-hybridized carbons (Fsp3) is 0.333. The molecule has 0 spiro atoms. The zero-order valence-corrected chi connectivity index (χ0v) is 17.3. The van der Waals surface area contributed by atoms with Crippen molar-refractivity contribution in [2.45, 2.75) is 26.3 Å². The van der Waals surface area contributed by atoms with Gasteiger partial charge in [0.2, 0.25) is 0 Å². The molecule has 6 heteroatoms. The summed E-state index contributed by atoms with van der Waals surface area (Å²) in [5.41, 5.74) is 8.63. The second kappa shape index (κ2) is 6.99. The number of aryl methyl sites for hydroxylation is 2. The minimum atomic E-state index is 1.02. The van der Waals surface area contributed by atoms with Gasteiger partial charge < -0.3 is 15.2 Å². The second-order valence-electron chi connectivity index (χ2n) is 8.36. The summed E-state index contributed by atoms with van der Waals surface area (Å²) in [5, 5.41) is 9.24. The number of nitrogens with one attached hydrogen (secondary N) is 2. The first-order valence-electron chi connectivity index (χ1n) is 10.9. The molecular formula is C24H26N6. The van der Waals surface area contributed by atoms with Gasteiger partial charge in [0.15, 0.2) is 0 Å². The van der Waals surface area contributed by atoms with Crippen LogP contribution in [-0.2, 0) is 13.0 Å². The Hall–Kier alpha value is -3.12. The van der Waals surface area contributed by atoms with Crippen LogP contribution in [0.4, 0.5) is 5.82 Å². The van der Waals surface area contributed by atoms with Crippen LogP contribution in [0.5, 0.6) is 0 Å². The first kappa shape index (κ1) is 17.7. The Bertz CT molecular complexity index is 1210. The number of pyridine rings is 1. The van der Waals surface area contributed by atoms with Crippen molar-refractivity contribution < 1.29 is 0 Å². The van der Waals surface area contributed by atoms with Crippen LogP contribution in [0.1, 0.15) is 17.7 Å². The molecule has 2 N–H and O–H groups in total. The maximum Gasteiger partial charge on any atom is 0.128 e. The van der Waals surface area contributed by atoms with Crippen molar-refractivity contribution in [2.24, 2.45) is 0 Å². The molecule has 2 aliphatic rings. The summed E-state index contributed by atoms with van der Waals surface area (Å²) in [5.74, 6) is 1.06. The van der Waals surface area contributed by atoms with Crippen LogP contribution in [0, 0.1) is 6.92 Å². The Labute approximate surface area is 175 Å².